The number of anilines is 1. The Kier molecular flexibility index (Phi) is 3.80. The Balaban J connectivity index is 1.70. The van der Waals surface area contributed by atoms with Crippen LogP contribution in [0.2, 0.25) is 0 Å². The monoisotopic (exact) mass is 346 g/mol. The molecule has 2 aromatic carbocycles. The van der Waals surface area contributed by atoms with Crippen molar-refractivity contribution in [2.75, 3.05) is 5.32 Å². The van der Waals surface area contributed by atoms with Crippen molar-refractivity contribution < 1.29 is 9.59 Å². The average molecular weight is 346 g/mol. The van der Waals surface area contributed by atoms with Crippen LogP contribution in [0.5, 0.6) is 0 Å². The van der Waals surface area contributed by atoms with Crippen molar-refractivity contribution in [2.24, 2.45) is 0 Å². The van der Waals surface area contributed by atoms with E-state index in [4.69, 9.17) is 0 Å². The maximum Gasteiger partial charge on any atom is 0.299 e. The quantitative estimate of drug-likeness (QED) is 0.437. The fourth-order valence-corrected chi connectivity index (χ4v) is 3.33. The number of nitrogens with one attached hydrogen (secondary N) is 2. The second-order valence-electron chi connectivity index (χ2n) is 6.12. The molecule has 26 heavy (non-hydrogen) atoms. The first-order valence-corrected chi connectivity index (χ1v) is 8.48. The summed E-state index contributed by atoms with van der Waals surface area (Å²) in [5, 5.41) is 3.42. The number of imidazole rings is 1. The van der Waals surface area contributed by atoms with Crippen LogP contribution >= 0.6 is 0 Å². The van der Waals surface area contributed by atoms with E-state index in [1.807, 2.05) is 60.0 Å². The number of fused-ring (bicyclic) bond motifs is 2. The molecular weight excluding hydrogens is 328 g/mol. The van der Waals surface area contributed by atoms with Crippen molar-refractivity contribution in [3.05, 3.63) is 59.8 Å². The smallest absolute Gasteiger partial charge is 0.299 e. The summed E-state index contributed by atoms with van der Waals surface area (Å²) in [6.07, 6.45) is 0. The molecule has 0 bridgehead atoms. The molecular formula is C20H18N4O2. The van der Waals surface area contributed by atoms with Gasteiger partial charge in [0.05, 0.1) is 16.6 Å². The van der Waals surface area contributed by atoms with Gasteiger partial charge in [-0.05, 0) is 32.0 Å². The SMILES string of the molecule is CCn1c(NC(=O)C(=O)c2c(C)[nH]c3ccccc23)nc2ccccc21. The average Bonchev–Trinajstić information content (AvgIpc) is 3.16. The van der Waals surface area contributed by atoms with Crippen molar-refractivity contribution in [3.63, 3.8) is 0 Å². The Morgan fingerprint density at radius 1 is 1.12 bits per heavy atom. The van der Waals surface area contributed by atoms with Crippen LogP contribution in [0, 0.1) is 6.92 Å². The van der Waals surface area contributed by atoms with Crippen LogP contribution in [0.1, 0.15) is 23.0 Å². The van der Waals surface area contributed by atoms with E-state index in [2.05, 4.69) is 15.3 Å². The zero-order valence-electron chi connectivity index (χ0n) is 14.5. The summed E-state index contributed by atoms with van der Waals surface area (Å²) in [6.45, 7) is 4.40. The van der Waals surface area contributed by atoms with Gasteiger partial charge in [-0.15, -0.1) is 0 Å². The Hall–Kier alpha value is -3.41. The third-order valence-corrected chi connectivity index (χ3v) is 4.52. The fraction of sp³-hybridized carbons (Fsp3) is 0.150. The molecule has 6 heteroatoms. The maximum absolute atomic E-state index is 12.8. The number of rotatable bonds is 4. The molecule has 0 radical (unpaired) electrons. The predicted octanol–water partition coefficient (Wildman–Crippen LogP) is 3.67. The van der Waals surface area contributed by atoms with Crippen LogP contribution in [0.15, 0.2) is 48.5 Å². The predicted molar refractivity (Wildman–Crippen MR) is 101 cm³/mol. The molecule has 0 aliphatic rings. The molecule has 0 atom stereocenters. The van der Waals surface area contributed by atoms with Gasteiger partial charge in [0.2, 0.25) is 5.95 Å². The number of aromatic amines is 1. The van der Waals surface area contributed by atoms with Gasteiger partial charge in [-0.25, -0.2) is 4.98 Å². The molecule has 4 aromatic rings. The number of carbonyl (C=O) groups excluding carboxylic acids is 2. The number of H-pyrrole nitrogens is 1. The van der Waals surface area contributed by atoms with E-state index in [9.17, 15) is 9.59 Å². The Bertz CT molecular complexity index is 1150. The molecule has 1 amide bonds. The van der Waals surface area contributed by atoms with E-state index < -0.39 is 11.7 Å². The van der Waals surface area contributed by atoms with E-state index in [0.717, 1.165) is 21.9 Å². The number of hydrogen-bond donors (Lipinski definition) is 2. The summed E-state index contributed by atoms with van der Waals surface area (Å²) >= 11 is 0. The molecule has 0 saturated heterocycles. The van der Waals surface area contributed by atoms with Crippen LogP contribution in [-0.4, -0.2) is 26.2 Å². The third-order valence-electron chi connectivity index (χ3n) is 4.52. The minimum absolute atomic E-state index is 0.379. The standard InChI is InChI=1S/C20H18N4O2/c1-3-24-16-11-7-6-10-15(16)22-20(24)23-19(26)18(25)17-12(2)21-14-9-5-4-8-13(14)17/h4-11,21H,3H2,1-2H3,(H,22,23,26). The lowest BCUT2D eigenvalue weighted by Gasteiger charge is -2.07. The number of aromatic nitrogens is 3. The zero-order valence-corrected chi connectivity index (χ0v) is 14.5. The third kappa shape index (κ3) is 2.47. The van der Waals surface area contributed by atoms with Crippen molar-refractivity contribution in [2.45, 2.75) is 20.4 Å². The van der Waals surface area contributed by atoms with Gasteiger partial charge in [-0.2, -0.15) is 0 Å². The first-order chi connectivity index (χ1) is 12.6. The summed E-state index contributed by atoms with van der Waals surface area (Å²) in [5.74, 6) is -0.887. The highest BCUT2D eigenvalue weighted by Crippen LogP contribution is 2.23. The molecule has 4 rings (SSSR count). The second-order valence-corrected chi connectivity index (χ2v) is 6.12. The lowest BCUT2D eigenvalue weighted by molar-refractivity contribution is -0.112. The Labute approximate surface area is 149 Å². The molecule has 0 saturated carbocycles. The second kappa shape index (κ2) is 6.15. The number of carbonyl (C=O) groups is 2. The topological polar surface area (TPSA) is 79.8 Å². The van der Waals surface area contributed by atoms with Crippen LogP contribution in [0.4, 0.5) is 5.95 Å². The summed E-state index contributed by atoms with van der Waals surface area (Å²) in [6, 6.07) is 15.1. The lowest BCUT2D eigenvalue weighted by Crippen LogP contribution is -2.25. The van der Waals surface area contributed by atoms with Crippen molar-refractivity contribution in [1.82, 2.24) is 14.5 Å². The highest BCUT2D eigenvalue weighted by atomic mass is 16.2. The van der Waals surface area contributed by atoms with Crippen LogP contribution in [-0.2, 0) is 11.3 Å². The number of benzene rings is 2. The van der Waals surface area contributed by atoms with Crippen molar-refractivity contribution >= 4 is 39.6 Å². The number of nitrogens with zero attached hydrogens (tertiary/aromatic N) is 2. The summed E-state index contributed by atoms with van der Waals surface area (Å²) < 4.78 is 1.88. The molecule has 0 aliphatic heterocycles. The van der Waals surface area contributed by atoms with E-state index in [1.165, 1.54) is 0 Å². The Morgan fingerprint density at radius 3 is 2.65 bits per heavy atom. The largest absolute Gasteiger partial charge is 0.358 e. The number of hydrogen-bond acceptors (Lipinski definition) is 3. The molecule has 0 spiro atoms. The molecule has 2 N–H and O–H groups in total. The zero-order chi connectivity index (χ0) is 18.3. The van der Waals surface area contributed by atoms with Crippen LogP contribution in [0.3, 0.4) is 0 Å². The Morgan fingerprint density at radius 2 is 1.85 bits per heavy atom. The minimum atomic E-state index is -0.692. The molecule has 6 nitrogen and oxygen atoms in total. The molecule has 0 aliphatic carbocycles. The van der Waals surface area contributed by atoms with Crippen molar-refractivity contribution in [1.29, 1.82) is 0 Å². The van der Waals surface area contributed by atoms with Gasteiger partial charge in [0.15, 0.2) is 0 Å². The highest BCUT2D eigenvalue weighted by Gasteiger charge is 2.24. The van der Waals surface area contributed by atoms with E-state index in [1.54, 1.807) is 6.92 Å². The highest BCUT2D eigenvalue weighted by molar-refractivity contribution is 6.48. The first kappa shape index (κ1) is 16.1. The number of Topliss-reactive ketones (excluding diaryl/α,β-unsaturated/α-hetero) is 1. The fourth-order valence-electron chi connectivity index (χ4n) is 3.33. The van der Waals surface area contributed by atoms with Crippen molar-refractivity contribution in [3.8, 4) is 0 Å². The first-order valence-electron chi connectivity index (χ1n) is 8.48. The number of aryl methyl sites for hydroxylation is 2. The number of para-hydroxylation sites is 3. The summed E-state index contributed by atoms with van der Waals surface area (Å²) in [4.78, 5) is 33.0. The van der Waals surface area contributed by atoms with E-state index >= 15 is 0 Å². The summed E-state index contributed by atoms with van der Waals surface area (Å²) in [7, 11) is 0. The molecule has 130 valence electrons. The van der Waals surface area contributed by atoms with E-state index in [0.29, 0.717) is 23.8 Å². The number of amides is 1. The maximum atomic E-state index is 12.8. The van der Waals surface area contributed by atoms with Crippen LogP contribution < -0.4 is 5.32 Å². The normalized spacial score (nSPS) is 11.2. The van der Waals surface area contributed by atoms with Crippen LogP contribution in [0.25, 0.3) is 21.9 Å². The van der Waals surface area contributed by atoms with Gasteiger partial charge >= 0.3 is 0 Å². The molecule has 0 unspecified atom stereocenters. The molecule has 0 fully saturated rings. The lowest BCUT2D eigenvalue weighted by atomic mass is 10.1. The summed E-state index contributed by atoms with van der Waals surface area (Å²) in [5.41, 5.74) is 3.61. The van der Waals surface area contributed by atoms with Gasteiger partial charge in [0.1, 0.15) is 0 Å². The van der Waals surface area contributed by atoms with Gasteiger partial charge < -0.3 is 9.55 Å². The molecule has 2 heterocycles. The minimum Gasteiger partial charge on any atom is -0.358 e. The van der Waals surface area contributed by atoms with E-state index in [-0.39, 0.29) is 0 Å². The van der Waals surface area contributed by atoms with Gasteiger partial charge in [0.25, 0.3) is 11.7 Å². The molecule has 2 aromatic heterocycles. The van der Waals surface area contributed by atoms with Gasteiger partial charge in [0, 0.05) is 23.1 Å². The van der Waals surface area contributed by atoms with Gasteiger partial charge in [-0.3, -0.25) is 14.9 Å². The van der Waals surface area contributed by atoms with Gasteiger partial charge in [-0.1, -0.05) is 30.3 Å². The number of ketones is 1.